The Hall–Kier alpha value is -2.24. The number of hydrogen-bond donors (Lipinski definition) is 1. The van der Waals surface area contributed by atoms with Gasteiger partial charge in [0.2, 0.25) is 5.91 Å². The van der Waals surface area contributed by atoms with Crippen LogP contribution in [0, 0.1) is 17.3 Å². The SMILES string of the molecule is COc1ccc(OC)c(C2CC2C(=O)N2C[C@@H]3CCC[C@@]3(C(=O)O)C2)c1. The third kappa shape index (κ3) is 2.54. The van der Waals surface area contributed by atoms with Crippen molar-refractivity contribution in [1.29, 1.82) is 0 Å². The minimum atomic E-state index is -0.739. The molecule has 0 spiro atoms. The molecule has 6 nitrogen and oxygen atoms in total. The number of amides is 1. The highest BCUT2D eigenvalue weighted by Gasteiger charge is 2.58. The maximum atomic E-state index is 13.0. The summed E-state index contributed by atoms with van der Waals surface area (Å²) >= 11 is 0. The van der Waals surface area contributed by atoms with Gasteiger partial charge in [-0.05, 0) is 43.4 Å². The molecule has 1 aromatic carbocycles. The van der Waals surface area contributed by atoms with Crippen molar-refractivity contribution in [2.45, 2.75) is 31.6 Å². The predicted octanol–water partition coefficient (Wildman–Crippen LogP) is 2.52. The van der Waals surface area contributed by atoms with Crippen molar-refractivity contribution in [2.75, 3.05) is 27.3 Å². The summed E-state index contributed by atoms with van der Waals surface area (Å²) in [6.07, 6.45) is 3.33. The number of methoxy groups -OCH3 is 2. The average molecular weight is 359 g/mol. The van der Waals surface area contributed by atoms with Crippen molar-refractivity contribution in [1.82, 2.24) is 4.90 Å². The number of likely N-dealkylation sites (tertiary alicyclic amines) is 1. The van der Waals surface area contributed by atoms with Crippen LogP contribution in [0.5, 0.6) is 11.5 Å². The van der Waals surface area contributed by atoms with E-state index in [0.29, 0.717) is 19.5 Å². The summed E-state index contributed by atoms with van der Waals surface area (Å²) in [6, 6.07) is 5.65. The predicted molar refractivity (Wildman–Crippen MR) is 94.4 cm³/mol. The molecule has 140 valence electrons. The van der Waals surface area contributed by atoms with Crippen LogP contribution in [-0.4, -0.2) is 49.2 Å². The lowest BCUT2D eigenvalue weighted by molar-refractivity contribution is -0.149. The van der Waals surface area contributed by atoms with E-state index in [9.17, 15) is 14.7 Å². The fourth-order valence-corrected chi connectivity index (χ4v) is 4.98. The minimum absolute atomic E-state index is 0.0827. The number of ether oxygens (including phenoxy) is 2. The molecule has 1 amide bonds. The Labute approximate surface area is 153 Å². The molecule has 3 fully saturated rings. The van der Waals surface area contributed by atoms with E-state index in [4.69, 9.17) is 9.47 Å². The molecule has 26 heavy (non-hydrogen) atoms. The Morgan fingerprint density at radius 1 is 1.27 bits per heavy atom. The van der Waals surface area contributed by atoms with Crippen molar-refractivity contribution >= 4 is 11.9 Å². The van der Waals surface area contributed by atoms with Gasteiger partial charge in [-0.15, -0.1) is 0 Å². The number of carboxylic acid groups (broad SMARTS) is 1. The van der Waals surface area contributed by atoms with E-state index in [2.05, 4.69) is 0 Å². The van der Waals surface area contributed by atoms with Crippen LogP contribution in [0.15, 0.2) is 18.2 Å². The first kappa shape index (κ1) is 17.2. The zero-order chi connectivity index (χ0) is 18.5. The average Bonchev–Trinajstić information content (AvgIpc) is 3.19. The van der Waals surface area contributed by atoms with Crippen LogP contribution >= 0.6 is 0 Å². The largest absolute Gasteiger partial charge is 0.497 e. The summed E-state index contributed by atoms with van der Waals surface area (Å²) in [4.78, 5) is 26.6. The second kappa shape index (κ2) is 6.18. The standard InChI is InChI=1S/C20H25NO5/c1-25-13-5-6-17(26-2)15(8-13)14-9-16(14)18(22)21-10-12-4-3-7-20(12,11-21)19(23)24/h5-6,8,12,14,16H,3-4,7,9-11H2,1-2H3,(H,23,24)/t12-,14?,16?,20+/m0/s1. The molecule has 1 saturated heterocycles. The lowest BCUT2D eigenvalue weighted by Gasteiger charge is -2.23. The molecule has 1 heterocycles. The lowest BCUT2D eigenvalue weighted by atomic mass is 9.81. The first-order chi connectivity index (χ1) is 12.5. The number of carboxylic acids is 1. The lowest BCUT2D eigenvalue weighted by Crippen LogP contribution is -2.37. The Kier molecular flexibility index (Phi) is 4.09. The van der Waals surface area contributed by atoms with Crippen molar-refractivity contribution in [3.8, 4) is 11.5 Å². The van der Waals surface area contributed by atoms with E-state index in [1.807, 2.05) is 18.2 Å². The number of aliphatic carboxylic acids is 1. The molecule has 1 aliphatic heterocycles. The summed E-state index contributed by atoms with van der Waals surface area (Å²) in [5, 5.41) is 9.72. The van der Waals surface area contributed by atoms with Crippen LogP contribution in [0.2, 0.25) is 0 Å². The molecule has 1 N–H and O–H groups in total. The van der Waals surface area contributed by atoms with Crippen LogP contribution in [0.1, 0.15) is 37.2 Å². The molecule has 0 radical (unpaired) electrons. The first-order valence-electron chi connectivity index (χ1n) is 9.24. The Bertz CT molecular complexity index is 748. The second-order valence-electron chi connectivity index (χ2n) is 7.83. The van der Waals surface area contributed by atoms with Gasteiger partial charge in [-0.1, -0.05) is 6.42 Å². The van der Waals surface area contributed by atoms with Gasteiger partial charge in [0.15, 0.2) is 0 Å². The maximum absolute atomic E-state index is 13.0. The van der Waals surface area contributed by atoms with Gasteiger partial charge in [-0.2, -0.15) is 0 Å². The topological polar surface area (TPSA) is 76.1 Å². The van der Waals surface area contributed by atoms with E-state index in [-0.39, 0.29) is 23.7 Å². The molecule has 0 aromatic heterocycles. The normalized spacial score (nSPS) is 32.2. The van der Waals surface area contributed by atoms with Gasteiger partial charge in [0.25, 0.3) is 0 Å². The molecule has 6 heteroatoms. The zero-order valence-corrected chi connectivity index (χ0v) is 15.2. The molecule has 1 aromatic rings. The maximum Gasteiger partial charge on any atom is 0.311 e. The molecule has 0 bridgehead atoms. The second-order valence-corrected chi connectivity index (χ2v) is 7.83. The van der Waals surface area contributed by atoms with Crippen LogP contribution in [0.25, 0.3) is 0 Å². The van der Waals surface area contributed by atoms with Gasteiger partial charge in [-0.3, -0.25) is 9.59 Å². The summed E-state index contributed by atoms with van der Waals surface area (Å²) in [7, 11) is 3.25. The Morgan fingerprint density at radius 3 is 2.73 bits per heavy atom. The van der Waals surface area contributed by atoms with Crippen molar-refractivity contribution in [2.24, 2.45) is 17.3 Å². The van der Waals surface area contributed by atoms with Gasteiger partial charge >= 0.3 is 5.97 Å². The van der Waals surface area contributed by atoms with E-state index in [1.54, 1.807) is 19.1 Å². The Balaban J connectivity index is 1.50. The minimum Gasteiger partial charge on any atom is -0.497 e. The highest BCUT2D eigenvalue weighted by atomic mass is 16.5. The summed E-state index contributed by atoms with van der Waals surface area (Å²) in [5.41, 5.74) is 0.283. The smallest absolute Gasteiger partial charge is 0.311 e. The third-order valence-corrected chi connectivity index (χ3v) is 6.55. The first-order valence-corrected chi connectivity index (χ1v) is 9.24. The summed E-state index contributed by atoms with van der Waals surface area (Å²) in [6.45, 7) is 0.952. The Morgan fingerprint density at radius 2 is 2.08 bits per heavy atom. The quantitative estimate of drug-likeness (QED) is 0.874. The van der Waals surface area contributed by atoms with Gasteiger partial charge in [0.1, 0.15) is 11.5 Å². The van der Waals surface area contributed by atoms with Gasteiger partial charge in [0, 0.05) is 30.5 Å². The summed E-state index contributed by atoms with van der Waals surface area (Å²) in [5.74, 6) is 1.01. The van der Waals surface area contributed by atoms with Crippen LogP contribution in [0.3, 0.4) is 0 Å². The molecule has 4 atom stereocenters. The van der Waals surface area contributed by atoms with E-state index in [1.165, 1.54) is 0 Å². The highest BCUT2D eigenvalue weighted by Crippen LogP contribution is 2.54. The monoisotopic (exact) mass is 359 g/mol. The number of fused-ring (bicyclic) bond motifs is 1. The highest BCUT2D eigenvalue weighted by molar-refractivity contribution is 5.85. The van der Waals surface area contributed by atoms with Crippen LogP contribution < -0.4 is 9.47 Å². The van der Waals surface area contributed by atoms with Crippen LogP contribution in [-0.2, 0) is 9.59 Å². The summed E-state index contributed by atoms with van der Waals surface area (Å²) < 4.78 is 10.8. The fraction of sp³-hybridized carbons (Fsp3) is 0.600. The number of carbonyl (C=O) groups excluding carboxylic acids is 1. The molecule has 2 aliphatic carbocycles. The van der Waals surface area contributed by atoms with E-state index >= 15 is 0 Å². The molecular weight excluding hydrogens is 334 g/mol. The molecular formula is C20H25NO5. The van der Waals surface area contributed by atoms with Crippen molar-refractivity contribution < 1.29 is 24.2 Å². The van der Waals surface area contributed by atoms with Gasteiger partial charge in [-0.25, -0.2) is 0 Å². The number of benzene rings is 1. The number of hydrogen-bond acceptors (Lipinski definition) is 4. The van der Waals surface area contributed by atoms with Crippen LogP contribution in [0.4, 0.5) is 0 Å². The molecule has 2 unspecified atom stereocenters. The zero-order valence-electron chi connectivity index (χ0n) is 15.2. The van der Waals surface area contributed by atoms with Crippen molar-refractivity contribution in [3.63, 3.8) is 0 Å². The number of rotatable bonds is 5. The molecule has 2 saturated carbocycles. The van der Waals surface area contributed by atoms with E-state index < -0.39 is 11.4 Å². The van der Waals surface area contributed by atoms with Gasteiger partial charge in [0.05, 0.1) is 19.6 Å². The number of nitrogens with zero attached hydrogens (tertiary/aromatic N) is 1. The van der Waals surface area contributed by atoms with E-state index in [0.717, 1.165) is 36.3 Å². The molecule has 3 aliphatic rings. The third-order valence-electron chi connectivity index (χ3n) is 6.55. The number of carbonyl (C=O) groups is 2. The van der Waals surface area contributed by atoms with Crippen molar-refractivity contribution in [3.05, 3.63) is 23.8 Å². The fourth-order valence-electron chi connectivity index (χ4n) is 4.98. The van der Waals surface area contributed by atoms with Gasteiger partial charge < -0.3 is 19.5 Å². The molecule has 4 rings (SSSR count).